The van der Waals surface area contributed by atoms with Crippen molar-refractivity contribution in [2.24, 2.45) is 0 Å². The fourth-order valence-electron chi connectivity index (χ4n) is 0.968. The molecule has 0 saturated carbocycles. The number of aliphatic hydroxyl groups is 1. The molecule has 0 aliphatic carbocycles. The third-order valence-electron chi connectivity index (χ3n) is 1.56. The zero-order chi connectivity index (χ0) is 10.2. The second-order valence-electron chi connectivity index (χ2n) is 2.71. The summed E-state index contributed by atoms with van der Waals surface area (Å²) in [5, 5.41) is 11.5. The Hall–Kier alpha value is -1.33. The second-order valence-corrected chi connectivity index (χ2v) is 2.71. The lowest BCUT2D eigenvalue weighted by atomic mass is 10.4. The summed E-state index contributed by atoms with van der Waals surface area (Å²) in [6.45, 7) is 1.61. The Bertz CT molecular complexity index is 268. The minimum atomic E-state index is 0.0521. The zero-order valence-electron chi connectivity index (χ0n) is 7.94. The summed E-state index contributed by atoms with van der Waals surface area (Å²) >= 11 is 0. The minimum absolute atomic E-state index is 0.0521. The summed E-state index contributed by atoms with van der Waals surface area (Å²) < 4.78 is 5.06. The van der Waals surface area contributed by atoms with E-state index in [1.165, 1.54) is 0 Å². The maximum atomic E-state index is 8.44. The molecule has 0 amide bonds. The van der Waals surface area contributed by atoms with Crippen LogP contribution in [0.3, 0.4) is 0 Å². The van der Waals surface area contributed by atoms with Crippen LogP contribution in [0.1, 0.15) is 0 Å². The SMILES string of the molecule is Nc1cccc(NCCOCCO)n1. The number of rotatable bonds is 6. The minimum Gasteiger partial charge on any atom is -0.394 e. The molecule has 0 bridgehead atoms. The topological polar surface area (TPSA) is 80.4 Å². The molecule has 5 nitrogen and oxygen atoms in total. The molecule has 1 aromatic heterocycles. The lowest BCUT2D eigenvalue weighted by Gasteiger charge is -2.05. The van der Waals surface area contributed by atoms with Crippen LogP contribution in [0.5, 0.6) is 0 Å². The first-order chi connectivity index (χ1) is 6.83. The van der Waals surface area contributed by atoms with Crippen LogP contribution in [0.4, 0.5) is 11.6 Å². The van der Waals surface area contributed by atoms with E-state index in [0.717, 1.165) is 5.82 Å². The number of aromatic nitrogens is 1. The quantitative estimate of drug-likeness (QED) is 0.563. The first kappa shape index (κ1) is 10.7. The summed E-state index contributed by atoms with van der Waals surface area (Å²) in [5.41, 5.74) is 5.50. The van der Waals surface area contributed by atoms with Crippen LogP contribution in [0.15, 0.2) is 18.2 Å². The van der Waals surface area contributed by atoms with Crippen LogP contribution in [0.25, 0.3) is 0 Å². The highest BCUT2D eigenvalue weighted by Gasteiger charge is 1.93. The smallest absolute Gasteiger partial charge is 0.128 e. The van der Waals surface area contributed by atoms with E-state index in [0.29, 0.717) is 25.6 Å². The van der Waals surface area contributed by atoms with Crippen LogP contribution in [-0.2, 0) is 4.74 Å². The van der Waals surface area contributed by atoms with Crippen LogP contribution in [0.2, 0.25) is 0 Å². The molecule has 1 rings (SSSR count). The highest BCUT2D eigenvalue weighted by Crippen LogP contribution is 2.04. The monoisotopic (exact) mass is 197 g/mol. The number of aliphatic hydroxyl groups excluding tert-OH is 1. The molecular formula is C9H15N3O2. The van der Waals surface area contributed by atoms with Crippen molar-refractivity contribution in [3.8, 4) is 0 Å². The van der Waals surface area contributed by atoms with Gasteiger partial charge in [-0.25, -0.2) is 4.98 Å². The number of nitrogens with two attached hydrogens (primary N) is 1. The van der Waals surface area contributed by atoms with Crippen LogP contribution < -0.4 is 11.1 Å². The number of nitrogens with one attached hydrogen (secondary N) is 1. The highest BCUT2D eigenvalue weighted by molar-refractivity contribution is 5.41. The van der Waals surface area contributed by atoms with Gasteiger partial charge in [0, 0.05) is 6.54 Å². The van der Waals surface area contributed by atoms with Gasteiger partial charge < -0.3 is 20.9 Å². The van der Waals surface area contributed by atoms with Gasteiger partial charge in [-0.2, -0.15) is 0 Å². The van der Waals surface area contributed by atoms with E-state index < -0.39 is 0 Å². The number of hydrogen-bond acceptors (Lipinski definition) is 5. The Morgan fingerprint density at radius 1 is 1.43 bits per heavy atom. The van der Waals surface area contributed by atoms with Crippen molar-refractivity contribution in [1.82, 2.24) is 4.98 Å². The molecule has 0 saturated heterocycles. The Labute approximate surface area is 82.9 Å². The van der Waals surface area contributed by atoms with Crippen molar-refractivity contribution in [2.45, 2.75) is 0 Å². The van der Waals surface area contributed by atoms with E-state index in [-0.39, 0.29) is 6.61 Å². The Morgan fingerprint density at radius 2 is 2.29 bits per heavy atom. The van der Waals surface area contributed by atoms with Gasteiger partial charge in [-0.1, -0.05) is 6.07 Å². The van der Waals surface area contributed by atoms with Crippen molar-refractivity contribution in [1.29, 1.82) is 0 Å². The van der Waals surface area contributed by atoms with Gasteiger partial charge in [-0.15, -0.1) is 0 Å². The van der Waals surface area contributed by atoms with Gasteiger partial charge in [-0.05, 0) is 12.1 Å². The van der Waals surface area contributed by atoms with E-state index in [1.807, 2.05) is 12.1 Å². The fourth-order valence-corrected chi connectivity index (χ4v) is 0.968. The summed E-state index contributed by atoms with van der Waals surface area (Å²) in [6, 6.07) is 5.40. The van der Waals surface area contributed by atoms with Crippen LogP contribution in [-0.4, -0.2) is 36.5 Å². The normalized spacial score (nSPS) is 10.1. The summed E-state index contributed by atoms with van der Waals surface area (Å²) in [6.07, 6.45) is 0. The molecule has 0 unspecified atom stereocenters. The van der Waals surface area contributed by atoms with E-state index in [9.17, 15) is 0 Å². The fraction of sp³-hybridized carbons (Fsp3) is 0.444. The number of nitrogens with zero attached hydrogens (tertiary/aromatic N) is 1. The molecule has 0 atom stereocenters. The van der Waals surface area contributed by atoms with Crippen molar-refractivity contribution < 1.29 is 9.84 Å². The summed E-state index contributed by atoms with van der Waals surface area (Å²) in [7, 11) is 0. The van der Waals surface area contributed by atoms with E-state index >= 15 is 0 Å². The maximum absolute atomic E-state index is 8.44. The second kappa shape index (κ2) is 6.17. The number of ether oxygens (including phenoxy) is 1. The molecule has 0 radical (unpaired) electrons. The lowest BCUT2D eigenvalue weighted by Crippen LogP contribution is -2.12. The molecule has 0 spiro atoms. The van der Waals surface area contributed by atoms with Crippen molar-refractivity contribution in [2.75, 3.05) is 37.4 Å². The molecule has 0 fully saturated rings. The predicted molar refractivity (Wildman–Crippen MR) is 55.0 cm³/mol. The molecule has 0 aliphatic rings. The Kier molecular flexibility index (Phi) is 4.74. The molecule has 0 aliphatic heterocycles. The first-order valence-electron chi connectivity index (χ1n) is 4.48. The highest BCUT2D eigenvalue weighted by atomic mass is 16.5. The van der Waals surface area contributed by atoms with Gasteiger partial charge >= 0.3 is 0 Å². The molecule has 5 heteroatoms. The summed E-state index contributed by atoms with van der Waals surface area (Å²) in [5.74, 6) is 1.23. The number of nitrogen functional groups attached to an aromatic ring is 1. The molecule has 1 heterocycles. The Balaban J connectivity index is 2.18. The molecule has 1 aromatic rings. The van der Waals surface area contributed by atoms with Gasteiger partial charge in [0.25, 0.3) is 0 Å². The molecule has 78 valence electrons. The standard InChI is InChI=1S/C9H15N3O2/c10-8-2-1-3-9(12-8)11-4-6-14-7-5-13/h1-3,13H,4-7H2,(H3,10,11,12). The van der Waals surface area contributed by atoms with E-state index in [2.05, 4.69) is 10.3 Å². The third kappa shape index (κ3) is 4.06. The third-order valence-corrected chi connectivity index (χ3v) is 1.56. The first-order valence-corrected chi connectivity index (χ1v) is 4.48. The Morgan fingerprint density at radius 3 is 3.00 bits per heavy atom. The zero-order valence-corrected chi connectivity index (χ0v) is 7.94. The molecule has 14 heavy (non-hydrogen) atoms. The summed E-state index contributed by atoms with van der Waals surface area (Å²) in [4.78, 5) is 4.05. The molecular weight excluding hydrogens is 182 g/mol. The maximum Gasteiger partial charge on any atom is 0.128 e. The van der Waals surface area contributed by atoms with Crippen molar-refractivity contribution in [3.05, 3.63) is 18.2 Å². The average molecular weight is 197 g/mol. The van der Waals surface area contributed by atoms with Crippen molar-refractivity contribution >= 4 is 11.6 Å². The van der Waals surface area contributed by atoms with E-state index in [4.69, 9.17) is 15.6 Å². The van der Waals surface area contributed by atoms with Gasteiger partial charge in [0.15, 0.2) is 0 Å². The van der Waals surface area contributed by atoms with Gasteiger partial charge in [0.2, 0.25) is 0 Å². The van der Waals surface area contributed by atoms with E-state index in [1.54, 1.807) is 6.07 Å². The van der Waals surface area contributed by atoms with Crippen LogP contribution in [0, 0.1) is 0 Å². The predicted octanol–water partition coefficient (Wildman–Crippen LogP) is 0.0846. The lowest BCUT2D eigenvalue weighted by molar-refractivity contribution is 0.0992. The van der Waals surface area contributed by atoms with Gasteiger partial charge in [0.1, 0.15) is 11.6 Å². The number of anilines is 2. The number of pyridine rings is 1. The van der Waals surface area contributed by atoms with Gasteiger partial charge in [0.05, 0.1) is 19.8 Å². The molecule has 0 aromatic carbocycles. The van der Waals surface area contributed by atoms with Crippen LogP contribution >= 0.6 is 0 Å². The van der Waals surface area contributed by atoms with Crippen molar-refractivity contribution in [3.63, 3.8) is 0 Å². The average Bonchev–Trinajstić information content (AvgIpc) is 2.18. The van der Waals surface area contributed by atoms with Gasteiger partial charge in [-0.3, -0.25) is 0 Å². The number of hydrogen-bond donors (Lipinski definition) is 3. The largest absolute Gasteiger partial charge is 0.394 e. The molecule has 4 N–H and O–H groups in total.